The number of nitro benzene ring substituents is 1. The van der Waals surface area contributed by atoms with Crippen molar-refractivity contribution in [1.82, 2.24) is 4.57 Å². The second-order valence-corrected chi connectivity index (χ2v) is 9.68. The molecule has 5 rings (SSSR count). The Morgan fingerprint density at radius 2 is 1.65 bits per heavy atom. The molecule has 12 heteroatoms. The summed E-state index contributed by atoms with van der Waals surface area (Å²) in [5.41, 5.74) is 3.45. The van der Waals surface area contributed by atoms with E-state index in [1.54, 1.807) is 31.2 Å². The summed E-state index contributed by atoms with van der Waals surface area (Å²) in [6.45, 7) is 1.32. The van der Waals surface area contributed by atoms with Crippen LogP contribution >= 0.6 is 0 Å². The summed E-state index contributed by atoms with van der Waals surface area (Å²) in [6.07, 6.45) is -3.92. The summed E-state index contributed by atoms with van der Waals surface area (Å²) < 4.78 is 59.9. The molecular weight excluding hydrogens is 570 g/mol. The Bertz CT molecular complexity index is 1900. The van der Waals surface area contributed by atoms with Gasteiger partial charge in [-0.1, -0.05) is 41.6 Å². The number of alkyl halides is 4. The van der Waals surface area contributed by atoms with Crippen LogP contribution in [-0.2, 0) is 9.63 Å². The van der Waals surface area contributed by atoms with Crippen LogP contribution < -0.4 is 4.74 Å². The molecule has 1 aromatic heterocycles. The lowest BCUT2D eigenvalue weighted by Gasteiger charge is -2.19. The molecule has 0 aliphatic rings. The molecule has 0 aliphatic heterocycles. The van der Waals surface area contributed by atoms with Gasteiger partial charge in [0.1, 0.15) is 11.5 Å². The van der Waals surface area contributed by atoms with Crippen molar-refractivity contribution < 1.29 is 36.9 Å². The van der Waals surface area contributed by atoms with Gasteiger partial charge in [0.25, 0.3) is 5.69 Å². The van der Waals surface area contributed by atoms with E-state index in [-0.39, 0.29) is 22.7 Å². The summed E-state index contributed by atoms with van der Waals surface area (Å²) in [5.74, 6) is -5.30. The summed E-state index contributed by atoms with van der Waals surface area (Å²) in [6, 6.07) is 23.2. The second-order valence-electron chi connectivity index (χ2n) is 9.68. The van der Waals surface area contributed by atoms with E-state index in [1.165, 1.54) is 30.3 Å². The van der Waals surface area contributed by atoms with Gasteiger partial charge < -0.3 is 14.1 Å². The van der Waals surface area contributed by atoms with Crippen molar-refractivity contribution in [3.8, 4) is 11.4 Å². The Hall–Kier alpha value is -5.26. The van der Waals surface area contributed by atoms with Gasteiger partial charge in [-0.05, 0) is 48.9 Å². The third-order valence-corrected chi connectivity index (χ3v) is 6.74. The van der Waals surface area contributed by atoms with Crippen LogP contribution in [0.3, 0.4) is 0 Å². The van der Waals surface area contributed by atoms with Gasteiger partial charge in [-0.2, -0.15) is 8.78 Å². The van der Waals surface area contributed by atoms with E-state index < -0.39 is 29.8 Å². The van der Waals surface area contributed by atoms with Crippen LogP contribution in [0.2, 0.25) is 0 Å². The van der Waals surface area contributed by atoms with Crippen molar-refractivity contribution in [3.63, 3.8) is 0 Å². The molecule has 0 saturated heterocycles. The standard InChI is InChI=1S/C31H23F4N3O5/c1-18-15-20(37-26-9-5-3-7-23(26)25-16-21(38(40)41)12-14-27(25)37)11-13-22(18)29(36-43-19(2)39)24-8-4-6-10-28(24)42-17-31(34,35)30(32)33/h3-16,30H,17H2,1-2H3/b36-29+. The van der Waals surface area contributed by atoms with E-state index in [0.717, 1.165) is 23.3 Å². The minimum absolute atomic E-state index is 0.0412. The normalized spacial score (nSPS) is 12.2. The zero-order chi connectivity index (χ0) is 30.9. The highest BCUT2D eigenvalue weighted by Gasteiger charge is 2.42. The third kappa shape index (κ3) is 5.76. The molecule has 0 N–H and O–H groups in total. The number of halogens is 4. The number of hydrogen-bond donors (Lipinski definition) is 0. The van der Waals surface area contributed by atoms with Crippen LogP contribution in [0.5, 0.6) is 5.75 Å². The number of benzene rings is 4. The van der Waals surface area contributed by atoms with Crippen molar-refractivity contribution in [2.75, 3.05) is 6.61 Å². The number of fused-ring (bicyclic) bond motifs is 3. The first-order valence-electron chi connectivity index (χ1n) is 12.9. The maximum atomic E-state index is 13.7. The van der Waals surface area contributed by atoms with Crippen molar-refractivity contribution in [3.05, 3.63) is 112 Å². The van der Waals surface area contributed by atoms with E-state index in [1.807, 2.05) is 34.9 Å². The smallest absolute Gasteiger partial charge is 0.340 e. The topological polar surface area (TPSA) is 96.0 Å². The molecule has 0 bridgehead atoms. The number of hydrogen-bond acceptors (Lipinski definition) is 6. The Labute approximate surface area is 241 Å². The number of aromatic nitrogens is 1. The molecule has 0 saturated carbocycles. The van der Waals surface area contributed by atoms with Crippen molar-refractivity contribution in [2.45, 2.75) is 26.2 Å². The quantitative estimate of drug-likeness (QED) is 0.0577. The largest absolute Gasteiger partial charge is 0.486 e. The number of carbonyl (C=O) groups excluding carboxylic acids is 1. The van der Waals surface area contributed by atoms with Crippen LogP contribution in [0.15, 0.2) is 90.1 Å². The molecule has 0 fully saturated rings. The minimum Gasteiger partial charge on any atom is -0.486 e. The predicted molar refractivity (Wildman–Crippen MR) is 152 cm³/mol. The Morgan fingerprint density at radius 3 is 2.35 bits per heavy atom. The molecule has 0 radical (unpaired) electrons. The number of carbonyl (C=O) groups is 1. The van der Waals surface area contributed by atoms with Gasteiger partial charge in [-0.3, -0.25) is 10.1 Å². The van der Waals surface area contributed by atoms with Gasteiger partial charge in [0.2, 0.25) is 0 Å². The van der Waals surface area contributed by atoms with Gasteiger partial charge in [0, 0.05) is 46.6 Å². The van der Waals surface area contributed by atoms with Crippen LogP contribution in [0.4, 0.5) is 23.2 Å². The fourth-order valence-electron chi connectivity index (χ4n) is 4.78. The first-order chi connectivity index (χ1) is 20.5. The highest BCUT2D eigenvalue weighted by molar-refractivity contribution is 6.15. The lowest BCUT2D eigenvalue weighted by atomic mass is 9.97. The first-order valence-corrected chi connectivity index (χ1v) is 12.9. The molecule has 0 unspecified atom stereocenters. The number of oxime groups is 1. The van der Waals surface area contributed by atoms with Gasteiger partial charge in [-0.25, -0.2) is 13.6 Å². The summed E-state index contributed by atoms with van der Waals surface area (Å²) in [5, 5.41) is 16.9. The molecular formula is C31H23F4N3O5. The Balaban J connectivity index is 1.62. The van der Waals surface area contributed by atoms with E-state index in [0.29, 0.717) is 22.2 Å². The number of ether oxygens (including phenoxy) is 1. The van der Waals surface area contributed by atoms with E-state index in [9.17, 15) is 32.5 Å². The number of non-ortho nitro benzene ring substituents is 1. The van der Waals surface area contributed by atoms with Crippen molar-refractivity contribution in [2.24, 2.45) is 5.16 Å². The third-order valence-electron chi connectivity index (χ3n) is 6.74. The first kappa shape index (κ1) is 29.2. The highest BCUT2D eigenvalue weighted by Crippen LogP contribution is 2.35. The molecule has 4 aromatic carbocycles. The van der Waals surface area contributed by atoms with Gasteiger partial charge in [-0.15, -0.1) is 0 Å². The lowest BCUT2D eigenvalue weighted by Crippen LogP contribution is -2.34. The van der Waals surface area contributed by atoms with Gasteiger partial charge in [0.05, 0.1) is 16.0 Å². The monoisotopic (exact) mass is 593 g/mol. The zero-order valence-corrected chi connectivity index (χ0v) is 22.8. The number of nitro groups is 1. The zero-order valence-electron chi connectivity index (χ0n) is 22.8. The van der Waals surface area contributed by atoms with Crippen molar-refractivity contribution >= 4 is 39.2 Å². The van der Waals surface area contributed by atoms with Crippen LogP contribution in [0, 0.1) is 17.0 Å². The maximum Gasteiger partial charge on any atom is 0.340 e. The fraction of sp³-hybridized carbons (Fsp3) is 0.161. The minimum atomic E-state index is -4.39. The number of nitrogens with zero attached hydrogens (tertiary/aromatic N) is 3. The van der Waals surface area contributed by atoms with E-state index >= 15 is 0 Å². The number of aryl methyl sites for hydroxylation is 1. The predicted octanol–water partition coefficient (Wildman–Crippen LogP) is 7.60. The number of rotatable bonds is 9. The van der Waals surface area contributed by atoms with Gasteiger partial charge in [0.15, 0.2) is 6.61 Å². The molecule has 8 nitrogen and oxygen atoms in total. The molecule has 0 atom stereocenters. The van der Waals surface area contributed by atoms with Crippen molar-refractivity contribution in [1.29, 1.82) is 0 Å². The summed E-state index contributed by atoms with van der Waals surface area (Å²) >= 11 is 0. The fourth-order valence-corrected chi connectivity index (χ4v) is 4.78. The lowest BCUT2D eigenvalue weighted by molar-refractivity contribution is -0.384. The van der Waals surface area contributed by atoms with E-state index in [4.69, 9.17) is 9.57 Å². The maximum absolute atomic E-state index is 13.7. The van der Waals surface area contributed by atoms with Crippen LogP contribution in [0.25, 0.3) is 27.5 Å². The van der Waals surface area contributed by atoms with Crippen LogP contribution in [-0.4, -0.2) is 40.1 Å². The Kier molecular flexibility index (Phi) is 7.85. The SMILES string of the molecule is CC(=O)O/N=C(\c1ccc(-n2c3ccccc3c3cc([N+](=O)[O-])ccc32)cc1C)c1ccccc1OCC(F)(F)C(F)F. The molecule has 0 aliphatic carbocycles. The second kappa shape index (κ2) is 11.6. The highest BCUT2D eigenvalue weighted by atomic mass is 19.3. The molecule has 1 heterocycles. The summed E-state index contributed by atoms with van der Waals surface area (Å²) in [7, 11) is 0. The molecule has 5 aromatic rings. The molecule has 220 valence electrons. The van der Waals surface area contributed by atoms with Crippen LogP contribution in [0.1, 0.15) is 23.6 Å². The molecule has 0 spiro atoms. The Morgan fingerprint density at radius 1 is 0.953 bits per heavy atom. The van der Waals surface area contributed by atoms with Gasteiger partial charge >= 0.3 is 18.3 Å². The average molecular weight is 594 g/mol. The summed E-state index contributed by atoms with van der Waals surface area (Å²) in [4.78, 5) is 27.6. The average Bonchev–Trinajstić information content (AvgIpc) is 3.31. The molecule has 43 heavy (non-hydrogen) atoms. The van der Waals surface area contributed by atoms with E-state index in [2.05, 4.69) is 5.16 Å². The number of para-hydroxylation sites is 2. The molecule has 0 amide bonds.